The first-order valence-corrected chi connectivity index (χ1v) is 33.1. The largest absolute Gasteiger partial charge is 0.309 e. The van der Waals surface area contributed by atoms with Gasteiger partial charge < -0.3 is 13.7 Å². The summed E-state index contributed by atoms with van der Waals surface area (Å²) in [5.41, 5.74) is 32.4. The highest BCUT2D eigenvalue weighted by Gasteiger charge is 2.40. The van der Waals surface area contributed by atoms with Crippen LogP contribution in [0.2, 0.25) is 0 Å². The lowest BCUT2D eigenvalue weighted by atomic mass is 9.82. The van der Waals surface area contributed by atoms with Crippen LogP contribution >= 0.6 is 0 Å². The smallest absolute Gasteiger partial charge is 0.160 e. The van der Waals surface area contributed by atoms with Gasteiger partial charge in [-0.15, -0.1) is 0 Å². The number of aromatic nitrogens is 5. The van der Waals surface area contributed by atoms with Gasteiger partial charge in [0.2, 0.25) is 0 Å². The number of rotatable bonds is 6. The van der Waals surface area contributed by atoms with Crippen LogP contribution in [0.4, 0.5) is 0 Å². The summed E-state index contributed by atoms with van der Waals surface area (Å²) >= 11 is 0. The van der Waals surface area contributed by atoms with Crippen LogP contribution in [0.25, 0.3) is 161 Å². The second-order valence-electron chi connectivity index (χ2n) is 28.0. The van der Waals surface area contributed by atoms with E-state index in [2.05, 4.69) is 328 Å². The van der Waals surface area contributed by atoms with Crippen LogP contribution in [-0.4, -0.2) is 23.7 Å². The van der Waals surface area contributed by atoms with Crippen molar-refractivity contribution in [3.63, 3.8) is 0 Å². The Morgan fingerprint density at radius 3 is 1.11 bits per heavy atom. The van der Waals surface area contributed by atoms with E-state index in [9.17, 15) is 0 Å². The standard InChI is InChI=1S/C89H63N5/c1-87(2)66-28-13-7-22-59(66)79-69(87)43-47-76-82(79)62-25-10-16-31-73(62)92(76)56-39-34-52(35-40-56)54-38-46-72-65(51-54)85(55-20-19-21-58(50-55)94-75-33-18-12-27-64(75)84-78(94)49-45-71-81(84)61-24-9-15-30-68(61)89(71,5)6)91-86(90-72)53-36-41-57(42-37-53)93-74-32-17-11-26-63(74)83-77(93)48-44-70-80(83)60-23-8-14-29-67(60)88(70,3)4/h7-51H,1-6H3. The van der Waals surface area contributed by atoms with E-state index >= 15 is 0 Å². The van der Waals surface area contributed by atoms with Crippen LogP contribution in [0.15, 0.2) is 273 Å². The minimum Gasteiger partial charge on any atom is -0.309 e. The van der Waals surface area contributed by atoms with Gasteiger partial charge in [-0.2, -0.15) is 0 Å². The fraction of sp³-hybridized carbons (Fsp3) is 0.101. The highest BCUT2D eigenvalue weighted by molar-refractivity contribution is 6.21. The average molecular weight is 1200 g/mol. The Balaban J connectivity index is 0.742. The van der Waals surface area contributed by atoms with Gasteiger partial charge in [0.15, 0.2) is 5.82 Å². The molecular formula is C89H63N5. The predicted molar refractivity (Wildman–Crippen MR) is 392 cm³/mol. The van der Waals surface area contributed by atoms with E-state index < -0.39 is 0 Å². The summed E-state index contributed by atoms with van der Waals surface area (Å²) in [7, 11) is 0. The molecule has 4 aromatic heterocycles. The van der Waals surface area contributed by atoms with Crippen molar-refractivity contribution >= 4 is 76.3 Å². The van der Waals surface area contributed by atoms with Crippen molar-refractivity contribution in [1.82, 2.24) is 23.7 Å². The van der Waals surface area contributed by atoms with Crippen molar-refractivity contribution < 1.29 is 0 Å². The van der Waals surface area contributed by atoms with E-state index in [1.54, 1.807) is 0 Å². The molecule has 0 radical (unpaired) electrons. The molecule has 444 valence electrons. The molecule has 0 saturated carbocycles. The Labute approximate surface area is 545 Å². The molecule has 0 aliphatic heterocycles. The molecule has 0 N–H and O–H groups in total. The van der Waals surface area contributed by atoms with E-state index in [4.69, 9.17) is 9.97 Å². The van der Waals surface area contributed by atoms with Gasteiger partial charge in [0.25, 0.3) is 0 Å². The van der Waals surface area contributed by atoms with E-state index in [0.717, 1.165) is 55.9 Å². The number of hydrogen-bond donors (Lipinski definition) is 0. The van der Waals surface area contributed by atoms with Crippen LogP contribution < -0.4 is 0 Å². The number of hydrogen-bond acceptors (Lipinski definition) is 2. The van der Waals surface area contributed by atoms with Gasteiger partial charge in [0.05, 0.1) is 44.3 Å². The van der Waals surface area contributed by atoms with Crippen LogP contribution in [-0.2, 0) is 16.2 Å². The third kappa shape index (κ3) is 7.08. The molecule has 94 heavy (non-hydrogen) atoms. The fourth-order valence-electron chi connectivity index (χ4n) is 17.6. The third-order valence-corrected chi connectivity index (χ3v) is 22.1. The summed E-state index contributed by atoms with van der Waals surface area (Å²) in [6.07, 6.45) is 0. The van der Waals surface area contributed by atoms with Gasteiger partial charge in [-0.25, -0.2) is 9.97 Å². The highest BCUT2D eigenvalue weighted by atomic mass is 15.0. The molecule has 0 spiro atoms. The molecule has 13 aromatic carbocycles. The molecule has 20 rings (SSSR count). The van der Waals surface area contributed by atoms with E-state index in [0.29, 0.717) is 5.82 Å². The monoisotopic (exact) mass is 1200 g/mol. The molecule has 0 saturated heterocycles. The zero-order valence-corrected chi connectivity index (χ0v) is 53.2. The maximum Gasteiger partial charge on any atom is 0.160 e. The van der Waals surface area contributed by atoms with E-state index in [1.807, 2.05) is 0 Å². The first-order chi connectivity index (χ1) is 45.9. The molecule has 4 heterocycles. The molecule has 3 aliphatic carbocycles. The first-order valence-electron chi connectivity index (χ1n) is 33.1. The Bertz CT molecular complexity index is 6180. The minimum atomic E-state index is -0.120. The zero-order chi connectivity index (χ0) is 62.7. The lowest BCUT2D eigenvalue weighted by Gasteiger charge is -2.21. The van der Waals surface area contributed by atoms with Crippen LogP contribution in [0, 0.1) is 0 Å². The first kappa shape index (κ1) is 53.3. The molecule has 0 fully saturated rings. The predicted octanol–water partition coefficient (Wildman–Crippen LogP) is 22.8. The van der Waals surface area contributed by atoms with Gasteiger partial charge in [0, 0.05) is 82.1 Å². The van der Waals surface area contributed by atoms with Gasteiger partial charge >= 0.3 is 0 Å². The lowest BCUT2D eigenvalue weighted by Crippen LogP contribution is -2.14. The van der Waals surface area contributed by atoms with Gasteiger partial charge in [-0.05, 0) is 175 Å². The molecule has 3 aliphatic rings. The topological polar surface area (TPSA) is 40.6 Å². The summed E-state index contributed by atoms with van der Waals surface area (Å²) in [5.74, 6) is 0.674. The Morgan fingerprint density at radius 1 is 0.255 bits per heavy atom. The highest BCUT2D eigenvalue weighted by Crippen LogP contribution is 2.57. The van der Waals surface area contributed by atoms with E-state index in [-0.39, 0.29) is 16.2 Å². The number of para-hydroxylation sites is 3. The Kier molecular flexibility index (Phi) is 10.7. The van der Waals surface area contributed by atoms with Crippen molar-refractivity contribution in [2.24, 2.45) is 0 Å². The Hall–Kier alpha value is -11.4. The van der Waals surface area contributed by atoms with Crippen molar-refractivity contribution in [3.05, 3.63) is 306 Å². The normalized spacial score (nSPS) is 14.5. The van der Waals surface area contributed by atoms with Crippen LogP contribution in [0.1, 0.15) is 74.9 Å². The Morgan fingerprint density at radius 2 is 0.649 bits per heavy atom. The maximum absolute atomic E-state index is 5.70. The third-order valence-electron chi connectivity index (χ3n) is 22.1. The molecule has 0 amide bonds. The molecule has 0 unspecified atom stereocenters. The van der Waals surface area contributed by atoms with Gasteiger partial charge in [-0.1, -0.05) is 217 Å². The molecule has 5 nitrogen and oxygen atoms in total. The van der Waals surface area contributed by atoms with Crippen molar-refractivity contribution in [3.8, 4) is 84.2 Å². The number of fused-ring (bicyclic) bond motifs is 22. The summed E-state index contributed by atoms with van der Waals surface area (Å²) in [6, 6.07) is 102. The van der Waals surface area contributed by atoms with Gasteiger partial charge in [0.1, 0.15) is 0 Å². The molecule has 5 heteroatoms. The summed E-state index contributed by atoms with van der Waals surface area (Å²) < 4.78 is 7.35. The molecular weight excluding hydrogens is 1140 g/mol. The maximum atomic E-state index is 5.70. The number of benzene rings is 13. The quantitative estimate of drug-likeness (QED) is 0.166. The van der Waals surface area contributed by atoms with Crippen molar-refractivity contribution in [2.75, 3.05) is 0 Å². The second kappa shape index (κ2) is 18.9. The SMILES string of the molecule is CC1(C)c2ccccc2-c2c1ccc1c2c2ccccc2n1-c1ccc(-c2ccc3nc(-c4ccc(-n5c6ccccc6c6c7c(ccc65)C(C)(C)c5ccccc5-7)cc4)nc(-c4cccc(-n5c6ccccc6c6c7c(ccc65)C(C)(C)c5ccccc5-7)c4)c3c2)cc1. The lowest BCUT2D eigenvalue weighted by molar-refractivity contribution is 0.660. The van der Waals surface area contributed by atoms with Gasteiger partial charge in [-0.3, -0.25) is 0 Å². The molecule has 17 aromatic rings. The zero-order valence-electron chi connectivity index (χ0n) is 53.2. The summed E-state index contributed by atoms with van der Waals surface area (Å²) in [4.78, 5) is 11.2. The summed E-state index contributed by atoms with van der Waals surface area (Å²) in [6.45, 7) is 14.2. The van der Waals surface area contributed by atoms with Crippen molar-refractivity contribution in [1.29, 1.82) is 0 Å². The van der Waals surface area contributed by atoms with Crippen LogP contribution in [0.3, 0.4) is 0 Å². The molecule has 0 atom stereocenters. The summed E-state index contributed by atoms with van der Waals surface area (Å²) in [5, 5.41) is 8.67. The minimum absolute atomic E-state index is 0.0905. The molecule has 0 bridgehead atoms. The fourth-order valence-corrected chi connectivity index (χ4v) is 17.6. The second-order valence-corrected chi connectivity index (χ2v) is 28.0. The number of nitrogens with zero attached hydrogens (tertiary/aromatic N) is 5. The average Bonchev–Trinajstić information content (AvgIpc) is 1.55. The van der Waals surface area contributed by atoms with Crippen LogP contribution in [0.5, 0.6) is 0 Å². The van der Waals surface area contributed by atoms with E-state index in [1.165, 1.54) is 132 Å². The van der Waals surface area contributed by atoms with Crippen molar-refractivity contribution in [2.45, 2.75) is 57.8 Å².